The normalized spacial score (nSPS) is 11.4. The van der Waals surface area contributed by atoms with Crippen molar-refractivity contribution in [1.29, 1.82) is 0 Å². The van der Waals surface area contributed by atoms with Gasteiger partial charge in [0.05, 0.1) is 0 Å². The molecule has 0 fully saturated rings. The monoisotopic (exact) mass is 501 g/mol. The highest BCUT2D eigenvalue weighted by atomic mass is 19.4. The molecule has 8 heteroatoms. The topological polar surface area (TPSA) is 59.0 Å². The van der Waals surface area contributed by atoms with E-state index in [9.17, 15) is 18.0 Å². The molecule has 0 saturated heterocycles. The van der Waals surface area contributed by atoms with E-state index in [0.29, 0.717) is 24.8 Å². The first-order chi connectivity index (χ1) is 17.1. The molecule has 0 aromatic heterocycles. The van der Waals surface area contributed by atoms with Crippen molar-refractivity contribution in [3.63, 3.8) is 0 Å². The molecule has 0 aliphatic carbocycles. The molecule has 0 saturated carbocycles. The highest BCUT2D eigenvalue weighted by molar-refractivity contribution is 5.68. The maximum atomic E-state index is 12.5. The lowest BCUT2D eigenvalue weighted by molar-refractivity contribution is -0.274. The summed E-state index contributed by atoms with van der Waals surface area (Å²) >= 11 is 0. The number of carboxylic acids is 1. The lowest BCUT2D eigenvalue weighted by Gasteiger charge is -2.26. The number of nitrogens with zero attached hydrogens (tertiary/aromatic N) is 1. The number of carboxylic acid groups (broad SMARTS) is 1. The van der Waals surface area contributed by atoms with E-state index < -0.39 is 18.9 Å². The van der Waals surface area contributed by atoms with Crippen LogP contribution in [0.3, 0.4) is 0 Å². The Bertz CT molecular complexity index is 1110. The number of halogens is 3. The van der Waals surface area contributed by atoms with Gasteiger partial charge in [-0.15, -0.1) is 13.2 Å². The van der Waals surface area contributed by atoms with Gasteiger partial charge in [0.2, 0.25) is 0 Å². The molecule has 0 aliphatic rings. The first-order valence-corrected chi connectivity index (χ1v) is 11.7. The fourth-order valence-electron chi connectivity index (χ4n) is 3.80. The minimum Gasteiger partial charge on any atom is -0.482 e. The van der Waals surface area contributed by atoms with Gasteiger partial charge in [-0.2, -0.15) is 0 Å². The maximum absolute atomic E-state index is 12.5. The third-order valence-corrected chi connectivity index (χ3v) is 5.61. The smallest absolute Gasteiger partial charge is 0.482 e. The van der Waals surface area contributed by atoms with Crippen LogP contribution in [-0.4, -0.2) is 30.6 Å². The zero-order valence-electron chi connectivity index (χ0n) is 20.3. The molecule has 192 valence electrons. The van der Waals surface area contributed by atoms with Crippen LogP contribution in [0, 0.1) is 0 Å². The maximum Gasteiger partial charge on any atom is 0.573 e. The third-order valence-electron chi connectivity index (χ3n) is 5.61. The van der Waals surface area contributed by atoms with Gasteiger partial charge in [0.15, 0.2) is 6.61 Å². The molecule has 3 aromatic carbocycles. The van der Waals surface area contributed by atoms with Crippen molar-refractivity contribution in [1.82, 2.24) is 0 Å². The zero-order chi connectivity index (χ0) is 26.1. The number of benzene rings is 3. The molecule has 0 atom stereocenters. The first kappa shape index (κ1) is 26.9. The Labute approximate surface area is 209 Å². The predicted octanol–water partition coefficient (Wildman–Crippen LogP) is 6.81. The quantitative estimate of drug-likeness (QED) is 0.295. The number of aliphatic carboxylic acids is 1. The van der Waals surface area contributed by atoms with Crippen LogP contribution in [0.1, 0.15) is 42.9 Å². The van der Waals surface area contributed by atoms with Crippen molar-refractivity contribution < 1.29 is 32.5 Å². The predicted molar refractivity (Wildman–Crippen MR) is 133 cm³/mol. The Hall–Kier alpha value is -3.68. The number of carbonyl (C=O) groups is 1. The van der Waals surface area contributed by atoms with Crippen molar-refractivity contribution in [3.05, 3.63) is 89.5 Å². The molecule has 0 aliphatic heterocycles. The van der Waals surface area contributed by atoms with E-state index in [4.69, 9.17) is 9.84 Å². The molecule has 0 bridgehead atoms. The van der Waals surface area contributed by atoms with Gasteiger partial charge in [-0.05, 0) is 71.8 Å². The molecule has 36 heavy (non-hydrogen) atoms. The van der Waals surface area contributed by atoms with Gasteiger partial charge in [-0.25, -0.2) is 4.79 Å². The second-order valence-corrected chi connectivity index (χ2v) is 8.79. The largest absolute Gasteiger partial charge is 0.573 e. The summed E-state index contributed by atoms with van der Waals surface area (Å²) in [6.07, 6.45) is -3.16. The van der Waals surface area contributed by atoms with E-state index in [2.05, 4.69) is 47.7 Å². The van der Waals surface area contributed by atoms with Gasteiger partial charge in [-0.1, -0.05) is 50.2 Å². The Kier molecular flexibility index (Phi) is 9.22. The van der Waals surface area contributed by atoms with Crippen LogP contribution in [0.25, 0.3) is 0 Å². The van der Waals surface area contributed by atoms with Gasteiger partial charge in [0.1, 0.15) is 11.5 Å². The molecule has 5 nitrogen and oxygen atoms in total. The van der Waals surface area contributed by atoms with Gasteiger partial charge in [-0.3, -0.25) is 0 Å². The summed E-state index contributed by atoms with van der Waals surface area (Å²) in [6.45, 7) is 5.10. The standard InChI is InChI=1S/C28H30F3NO4/c1-20(2)23-10-12-24(13-11-23)32(18-22-8-14-25(15-9-22)36-28(29,30)31)16-4-6-21-5-3-7-26(17-21)35-19-27(33)34/h3,5,7-15,17,20H,4,6,16,18-19H2,1-2H3,(H,33,34). The molecule has 3 rings (SSSR count). The van der Waals surface area contributed by atoms with Crippen LogP contribution in [0.2, 0.25) is 0 Å². The lowest BCUT2D eigenvalue weighted by atomic mass is 10.0. The number of anilines is 1. The zero-order valence-corrected chi connectivity index (χ0v) is 20.3. The molecule has 1 N–H and O–H groups in total. The second kappa shape index (κ2) is 12.3. The van der Waals surface area contributed by atoms with E-state index in [1.807, 2.05) is 18.2 Å². The van der Waals surface area contributed by atoms with Crippen LogP contribution >= 0.6 is 0 Å². The highest BCUT2D eigenvalue weighted by Gasteiger charge is 2.31. The van der Waals surface area contributed by atoms with Crippen molar-refractivity contribution in [2.45, 2.75) is 45.5 Å². The summed E-state index contributed by atoms with van der Waals surface area (Å²) in [5, 5.41) is 8.80. The molecule has 0 spiro atoms. The summed E-state index contributed by atoms with van der Waals surface area (Å²) in [5.41, 5.74) is 4.14. The number of rotatable bonds is 12. The molecule has 0 amide bonds. The second-order valence-electron chi connectivity index (χ2n) is 8.79. The van der Waals surface area contributed by atoms with Crippen LogP contribution in [0.5, 0.6) is 11.5 Å². The first-order valence-electron chi connectivity index (χ1n) is 11.7. The Morgan fingerprint density at radius 2 is 1.64 bits per heavy atom. The number of hydrogen-bond donors (Lipinski definition) is 1. The van der Waals surface area contributed by atoms with Crippen LogP contribution in [-0.2, 0) is 17.8 Å². The summed E-state index contributed by atoms with van der Waals surface area (Å²) < 4.78 is 46.7. The lowest BCUT2D eigenvalue weighted by Crippen LogP contribution is -2.24. The SMILES string of the molecule is CC(C)c1ccc(N(CCCc2cccc(OCC(=O)O)c2)Cc2ccc(OC(F)(F)F)cc2)cc1. The Morgan fingerprint density at radius 1 is 0.944 bits per heavy atom. The molecule has 3 aromatic rings. The summed E-state index contributed by atoms with van der Waals surface area (Å²) in [5.74, 6) is -0.358. The average Bonchev–Trinajstić information content (AvgIpc) is 2.83. The third kappa shape index (κ3) is 8.83. The van der Waals surface area contributed by atoms with E-state index in [-0.39, 0.29) is 5.75 Å². The average molecular weight is 502 g/mol. The van der Waals surface area contributed by atoms with E-state index in [1.54, 1.807) is 18.2 Å². The van der Waals surface area contributed by atoms with Crippen LogP contribution < -0.4 is 14.4 Å². The van der Waals surface area contributed by atoms with Crippen molar-refractivity contribution in [2.75, 3.05) is 18.1 Å². The molecule has 0 radical (unpaired) electrons. The number of alkyl halides is 3. The molecular weight excluding hydrogens is 471 g/mol. The fraction of sp³-hybridized carbons (Fsp3) is 0.321. The van der Waals surface area contributed by atoms with Gasteiger partial charge < -0.3 is 19.5 Å². The van der Waals surface area contributed by atoms with E-state index >= 15 is 0 Å². The van der Waals surface area contributed by atoms with Crippen molar-refractivity contribution in [3.8, 4) is 11.5 Å². The van der Waals surface area contributed by atoms with Gasteiger partial charge >= 0.3 is 12.3 Å². The fourth-order valence-corrected chi connectivity index (χ4v) is 3.80. The number of hydrogen-bond acceptors (Lipinski definition) is 4. The van der Waals surface area contributed by atoms with E-state index in [0.717, 1.165) is 29.7 Å². The minimum atomic E-state index is -4.72. The van der Waals surface area contributed by atoms with Crippen LogP contribution in [0.15, 0.2) is 72.8 Å². The summed E-state index contributed by atoms with van der Waals surface area (Å²) in [6, 6.07) is 21.6. The number of aryl methyl sites for hydroxylation is 1. The highest BCUT2D eigenvalue weighted by Crippen LogP contribution is 2.26. The summed E-state index contributed by atoms with van der Waals surface area (Å²) in [7, 11) is 0. The van der Waals surface area contributed by atoms with Crippen LogP contribution in [0.4, 0.5) is 18.9 Å². The van der Waals surface area contributed by atoms with Gasteiger partial charge in [0.25, 0.3) is 0 Å². The molecule has 0 unspecified atom stereocenters. The minimum absolute atomic E-state index is 0.246. The Balaban J connectivity index is 1.69. The van der Waals surface area contributed by atoms with Crippen molar-refractivity contribution >= 4 is 11.7 Å². The molecular formula is C28H30F3NO4. The van der Waals surface area contributed by atoms with Gasteiger partial charge in [0, 0.05) is 18.8 Å². The van der Waals surface area contributed by atoms with E-state index in [1.165, 1.54) is 17.7 Å². The van der Waals surface area contributed by atoms with Crippen molar-refractivity contribution in [2.24, 2.45) is 0 Å². The summed E-state index contributed by atoms with van der Waals surface area (Å²) in [4.78, 5) is 12.9. The Morgan fingerprint density at radius 3 is 2.25 bits per heavy atom. The molecule has 0 heterocycles. The number of ether oxygens (including phenoxy) is 2.